The molecule has 1 nitrogen and oxygen atoms in total. The minimum atomic E-state index is -0.835. The molecule has 0 bridgehead atoms. The van der Waals surface area contributed by atoms with Crippen LogP contribution in [0.15, 0.2) is 18.2 Å². The highest BCUT2D eigenvalue weighted by Gasteiger charge is 2.08. The van der Waals surface area contributed by atoms with Gasteiger partial charge in [0.25, 0.3) is 0 Å². The number of alkyl halides is 1. The Labute approximate surface area is 79.7 Å². The van der Waals surface area contributed by atoms with E-state index in [0.29, 0.717) is 5.56 Å². The number of hydrogen-bond acceptors (Lipinski definition) is 1. The third-order valence-corrected chi connectivity index (χ3v) is 2.07. The van der Waals surface area contributed by atoms with Crippen LogP contribution in [-0.2, 0) is 0 Å². The zero-order valence-electron chi connectivity index (χ0n) is 6.10. The van der Waals surface area contributed by atoms with Crippen LogP contribution < -0.4 is 0 Å². The average Bonchev–Trinajstić information content (AvgIpc) is 2.08. The Bertz CT molecular complexity index is 278. The fourth-order valence-corrected chi connectivity index (χ4v) is 1.10. The molecule has 1 N–H and O–H groups in total. The van der Waals surface area contributed by atoms with Gasteiger partial charge >= 0.3 is 0 Å². The zero-order chi connectivity index (χ0) is 9.14. The Morgan fingerprint density at radius 3 is 2.67 bits per heavy atom. The summed E-state index contributed by atoms with van der Waals surface area (Å²) in [5.74, 6) is -0.500. The lowest BCUT2D eigenvalue weighted by molar-refractivity contribution is 0.202. The van der Waals surface area contributed by atoms with Gasteiger partial charge in [0.2, 0.25) is 0 Å². The van der Waals surface area contributed by atoms with E-state index in [0.717, 1.165) is 0 Å². The lowest BCUT2D eigenvalue weighted by Gasteiger charge is -2.06. The van der Waals surface area contributed by atoms with Gasteiger partial charge in [0.15, 0.2) is 0 Å². The molecule has 1 unspecified atom stereocenters. The third kappa shape index (κ3) is 2.09. The lowest BCUT2D eigenvalue weighted by atomic mass is 10.1. The lowest BCUT2D eigenvalue weighted by Crippen LogP contribution is -1.98. The van der Waals surface area contributed by atoms with Gasteiger partial charge < -0.3 is 5.11 Å². The first-order valence-electron chi connectivity index (χ1n) is 3.34. The predicted molar refractivity (Wildman–Crippen MR) is 47.1 cm³/mol. The molecule has 1 aromatic carbocycles. The van der Waals surface area contributed by atoms with Gasteiger partial charge in [0.05, 0.1) is 17.0 Å². The highest BCUT2D eigenvalue weighted by Crippen LogP contribution is 2.20. The van der Waals surface area contributed by atoms with E-state index in [1.165, 1.54) is 12.1 Å². The molecule has 0 radical (unpaired) electrons. The Morgan fingerprint density at radius 2 is 2.17 bits per heavy atom. The molecule has 0 aromatic heterocycles. The Hall–Kier alpha value is -0.310. The van der Waals surface area contributed by atoms with Crippen molar-refractivity contribution in [3.05, 3.63) is 34.6 Å². The second-order valence-corrected chi connectivity index (χ2v) is 3.06. The summed E-state index contributed by atoms with van der Waals surface area (Å²) in [6.45, 7) is 0. The summed E-state index contributed by atoms with van der Waals surface area (Å²) in [4.78, 5) is 0. The van der Waals surface area contributed by atoms with E-state index in [1.807, 2.05) is 0 Å². The van der Waals surface area contributed by atoms with Crippen molar-refractivity contribution in [2.45, 2.75) is 6.10 Å². The monoisotopic (exact) mass is 208 g/mol. The second kappa shape index (κ2) is 4.08. The summed E-state index contributed by atoms with van der Waals surface area (Å²) >= 11 is 10.8. The van der Waals surface area contributed by atoms with Crippen LogP contribution >= 0.6 is 23.2 Å². The van der Waals surface area contributed by atoms with Crippen LogP contribution in [0, 0.1) is 5.82 Å². The molecule has 0 amide bonds. The fourth-order valence-electron chi connectivity index (χ4n) is 0.809. The minimum Gasteiger partial charge on any atom is -0.387 e. The summed E-state index contributed by atoms with van der Waals surface area (Å²) in [5, 5.41) is 9.25. The summed E-state index contributed by atoms with van der Waals surface area (Å²) in [6.07, 6.45) is -0.835. The normalized spacial score (nSPS) is 13.0. The van der Waals surface area contributed by atoms with Crippen molar-refractivity contribution in [3.8, 4) is 0 Å². The molecule has 12 heavy (non-hydrogen) atoms. The second-order valence-electron chi connectivity index (χ2n) is 2.34. The van der Waals surface area contributed by atoms with Crippen LogP contribution in [-0.4, -0.2) is 11.0 Å². The van der Waals surface area contributed by atoms with Gasteiger partial charge in [0, 0.05) is 0 Å². The van der Waals surface area contributed by atoms with Gasteiger partial charge in [-0.25, -0.2) is 4.39 Å². The molecule has 0 saturated carbocycles. The molecule has 0 aliphatic carbocycles. The van der Waals surface area contributed by atoms with Crippen molar-refractivity contribution in [2.24, 2.45) is 0 Å². The van der Waals surface area contributed by atoms with Crippen LogP contribution in [0.3, 0.4) is 0 Å². The summed E-state index contributed by atoms with van der Waals surface area (Å²) in [5.41, 5.74) is 0.437. The van der Waals surface area contributed by atoms with E-state index >= 15 is 0 Å². The summed E-state index contributed by atoms with van der Waals surface area (Å²) in [7, 11) is 0. The first kappa shape index (κ1) is 9.78. The molecular formula is C8H7Cl2FO. The Balaban J connectivity index is 2.96. The van der Waals surface area contributed by atoms with Crippen LogP contribution in [0.2, 0.25) is 5.02 Å². The summed E-state index contributed by atoms with van der Waals surface area (Å²) < 4.78 is 12.8. The van der Waals surface area contributed by atoms with Crippen LogP contribution in [0.4, 0.5) is 4.39 Å². The molecule has 0 aliphatic rings. The maximum Gasteiger partial charge on any atom is 0.142 e. The van der Waals surface area contributed by atoms with E-state index in [1.54, 1.807) is 6.07 Å². The van der Waals surface area contributed by atoms with Gasteiger partial charge in [-0.1, -0.05) is 17.7 Å². The van der Waals surface area contributed by atoms with Crippen molar-refractivity contribution in [1.29, 1.82) is 0 Å². The predicted octanol–water partition coefficient (Wildman–Crippen LogP) is 2.75. The molecule has 0 fully saturated rings. The molecule has 1 rings (SSSR count). The van der Waals surface area contributed by atoms with E-state index in [4.69, 9.17) is 23.2 Å². The molecule has 0 saturated heterocycles. The van der Waals surface area contributed by atoms with E-state index in [2.05, 4.69) is 0 Å². The topological polar surface area (TPSA) is 20.2 Å². The first-order valence-corrected chi connectivity index (χ1v) is 4.25. The number of hydrogen-bond donors (Lipinski definition) is 1. The number of aliphatic hydroxyl groups is 1. The van der Waals surface area contributed by atoms with Crippen molar-refractivity contribution in [2.75, 3.05) is 5.88 Å². The number of benzene rings is 1. The first-order chi connectivity index (χ1) is 5.65. The van der Waals surface area contributed by atoms with Crippen molar-refractivity contribution in [3.63, 3.8) is 0 Å². The van der Waals surface area contributed by atoms with Gasteiger partial charge in [-0.05, 0) is 17.7 Å². The number of rotatable bonds is 2. The van der Waals surface area contributed by atoms with Gasteiger partial charge in [-0.3, -0.25) is 0 Å². The van der Waals surface area contributed by atoms with E-state index < -0.39 is 11.9 Å². The van der Waals surface area contributed by atoms with Gasteiger partial charge in [0.1, 0.15) is 5.82 Å². The molecule has 1 atom stereocenters. The third-order valence-electron chi connectivity index (χ3n) is 1.47. The van der Waals surface area contributed by atoms with Gasteiger partial charge in [-0.15, -0.1) is 11.6 Å². The Morgan fingerprint density at radius 1 is 1.50 bits per heavy atom. The molecule has 0 heterocycles. The van der Waals surface area contributed by atoms with Crippen LogP contribution in [0.1, 0.15) is 11.7 Å². The highest BCUT2D eigenvalue weighted by atomic mass is 35.5. The molecule has 4 heteroatoms. The minimum absolute atomic E-state index is 0.0422. The molecule has 1 aromatic rings. The maximum absolute atomic E-state index is 12.8. The number of halogens is 3. The molecule has 0 spiro atoms. The standard InChI is InChI=1S/C8H7Cl2FO/c9-4-8(12)5-1-2-6(10)7(11)3-5/h1-3,8,12H,4H2. The quantitative estimate of drug-likeness (QED) is 0.742. The van der Waals surface area contributed by atoms with Crippen LogP contribution in [0.25, 0.3) is 0 Å². The SMILES string of the molecule is OC(CCl)c1ccc(Cl)c(F)c1. The van der Waals surface area contributed by atoms with E-state index in [9.17, 15) is 9.50 Å². The average molecular weight is 209 g/mol. The van der Waals surface area contributed by atoms with Crippen LogP contribution in [0.5, 0.6) is 0 Å². The number of aliphatic hydroxyl groups excluding tert-OH is 1. The van der Waals surface area contributed by atoms with Gasteiger partial charge in [-0.2, -0.15) is 0 Å². The Kier molecular flexibility index (Phi) is 3.32. The maximum atomic E-state index is 12.8. The molecule has 66 valence electrons. The molecular weight excluding hydrogens is 202 g/mol. The van der Waals surface area contributed by atoms with E-state index in [-0.39, 0.29) is 10.9 Å². The smallest absolute Gasteiger partial charge is 0.142 e. The van der Waals surface area contributed by atoms with Crippen molar-refractivity contribution in [1.82, 2.24) is 0 Å². The molecule has 0 aliphatic heterocycles. The van der Waals surface area contributed by atoms with Crippen molar-refractivity contribution < 1.29 is 9.50 Å². The largest absolute Gasteiger partial charge is 0.387 e. The van der Waals surface area contributed by atoms with Crippen molar-refractivity contribution >= 4 is 23.2 Å². The fraction of sp³-hybridized carbons (Fsp3) is 0.250. The highest BCUT2D eigenvalue weighted by molar-refractivity contribution is 6.30. The zero-order valence-corrected chi connectivity index (χ0v) is 7.61. The summed E-state index contributed by atoms with van der Waals surface area (Å²) in [6, 6.07) is 4.11.